The van der Waals surface area contributed by atoms with Crippen molar-refractivity contribution in [2.24, 2.45) is 7.05 Å². The minimum atomic E-state index is -0.646. The molecular formula is C12H10Cl2N4O3. The van der Waals surface area contributed by atoms with E-state index in [0.29, 0.717) is 5.82 Å². The third-order valence-corrected chi connectivity index (χ3v) is 3.51. The van der Waals surface area contributed by atoms with E-state index in [0.717, 1.165) is 17.8 Å². The molecule has 7 nitrogen and oxygen atoms in total. The topological polar surface area (TPSA) is 90.1 Å². The quantitative estimate of drug-likeness (QED) is 0.691. The van der Waals surface area contributed by atoms with Gasteiger partial charge in [0.15, 0.2) is 0 Å². The minimum Gasteiger partial charge on any atom is -0.307 e. The van der Waals surface area contributed by atoms with E-state index in [-0.39, 0.29) is 21.3 Å². The molecule has 0 aliphatic heterocycles. The molecule has 0 aliphatic carbocycles. The zero-order chi connectivity index (χ0) is 15.7. The summed E-state index contributed by atoms with van der Waals surface area (Å²) >= 11 is 11.7. The van der Waals surface area contributed by atoms with Crippen LogP contribution in [0.25, 0.3) is 0 Å². The van der Waals surface area contributed by atoms with E-state index >= 15 is 0 Å². The Kier molecular flexibility index (Phi) is 4.15. The first-order chi connectivity index (χ1) is 9.79. The molecule has 2 rings (SSSR count). The van der Waals surface area contributed by atoms with Crippen LogP contribution in [0.2, 0.25) is 10.0 Å². The van der Waals surface area contributed by atoms with Crippen LogP contribution in [-0.2, 0) is 7.05 Å². The van der Waals surface area contributed by atoms with Crippen molar-refractivity contribution in [3.05, 3.63) is 49.6 Å². The van der Waals surface area contributed by atoms with E-state index in [1.165, 1.54) is 4.68 Å². The maximum absolute atomic E-state index is 12.2. The molecule has 0 saturated heterocycles. The van der Waals surface area contributed by atoms with Crippen LogP contribution in [0.5, 0.6) is 0 Å². The fourth-order valence-electron chi connectivity index (χ4n) is 1.76. The fourth-order valence-corrected chi connectivity index (χ4v) is 2.17. The molecule has 0 spiro atoms. The number of aromatic nitrogens is 2. The number of rotatable bonds is 3. The van der Waals surface area contributed by atoms with E-state index in [1.54, 1.807) is 20.0 Å². The summed E-state index contributed by atoms with van der Waals surface area (Å²) < 4.78 is 1.47. The summed E-state index contributed by atoms with van der Waals surface area (Å²) in [5, 5.41) is 17.4. The second kappa shape index (κ2) is 5.71. The molecular weight excluding hydrogens is 319 g/mol. The molecule has 0 fully saturated rings. The molecule has 0 atom stereocenters. The van der Waals surface area contributed by atoms with Gasteiger partial charge in [-0.1, -0.05) is 23.2 Å². The van der Waals surface area contributed by atoms with Gasteiger partial charge >= 0.3 is 0 Å². The van der Waals surface area contributed by atoms with Crippen molar-refractivity contribution < 1.29 is 9.72 Å². The molecule has 110 valence electrons. The summed E-state index contributed by atoms with van der Waals surface area (Å²) in [5.74, 6) is -0.162. The van der Waals surface area contributed by atoms with Crippen molar-refractivity contribution in [3.8, 4) is 0 Å². The average Bonchev–Trinajstić information content (AvgIpc) is 2.70. The lowest BCUT2D eigenvalue weighted by molar-refractivity contribution is -0.384. The molecule has 0 aliphatic rings. The molecule has 21 heavy (non-hydrogen) atoms. The number of amides is 1. The highest BCUT2D eigenvalue weighted by Crippen LogP contribution is 2.31. The Hall–Kier alpha value is -2.12. The summed E-state index contributed by atoms with van der Waals surface area (Å²) in [5.41, 5.74) is 0.335. The molecule has 0 saturated carbocycles. The third kappa shape index (κ3) is 3.14. The summed E-state index contributed by atoms with van der Waals surface area (Å²) in [6, 6.07) is 3.83. The van der Waals surface area contributed by atoms with Crippen molar-refractivity contribution in [2.45, 2.75) is 6.92 Å². The predicted molar refractivity (Wildman–Crippen MR) is 79.0 cm³/mol. The molecule has 9 heteroatoms. The van der Waals surface area contributed by atoms with E-state index in [9.17, 15) is 14.9 Å². The maximum Gasteiger partial charge on any atom is 0.271 e. The van der Waals surface area contributed by atoms with Crippen molar-refractivity contribution in [2.75, 3.05) is 5.32 Å². The van der Waals surface area contributed by atoms with Crippen LogP contribution in [0.3, 0.4) is 0 Å². The highest BCUT2D eigenvalue weighted by molar-refractivity contribution is 6.44. The molecule has 0 radical (unpaired) electrons. The van der Waals surface area contributed by atoms with Crippen molar-refractivity contribution in [1.82, 2.24) is 9.78 Å². The van der Waals surface area contributed by atoms with Crippen LogP contribution in [0.1, 0.15) is 16.1 Å². The molecule has 1 N–H and O–H groups in total. The van der Waals surface area contributed by atoms with Crippen molar-refractivity contribution >= 4 is 40.6 Å². The number of nitrogens with zero attached hydrogens (tertiary/aromatic N) is 3. The summed E-state index contributed by atoms with van der Waals surface area (Å²) in [6.07, 6.45) is 0. The van der Waals surface area contributed by atoms with Gasteiger partial charge in [-0.2, -0.15) is 5.10 Å². The molecule has 1 heterocycles. The number of benzene rings is 1. The Balaban J connectivity index is 2.39. The molecule has 1 amide bonds. The molecule has 1 aromatic carbocycles. The van der Waals surface area contributed by atoms with Crippen molar-refractivity contribution in [3.63, 3.8) is 0 Å². The maximum atomic E-state index is 12.2. The Morgan fingerprint density at radius 2 is 2.05 bits per heavy atom. The van der Waals surface area contributed by atoms with E-state index in [2.05, 4.69) is 10.4 Å². The highest BCUT2D eigenvalue weighted by Gasteiger charge is 2.20. The first-order valence-corrected chi connectivity index (χ1v) is 6.50. The number of halogens is 2. The van der Waals surface area contributed by atoms with Crippen LogP contribution >= 0.6 is 23.2 Å². The number of hydrogen-bond acceptors (Lipinski definition) is 4. The number of nitro groups is 1. The van der Waals surface area contributed by atoms with Crippen LogP contribution in [0.4, 0.5) is 11.5 Å². The fraction of sp³-hybridized carbons (Fsp3) is 0.167. The van der Waals surface area contributed by atoms with Crippen LogP contribution in [0, 0.1) is 17.0 Å². The van der Waals surface area contributed by atoms with Crippen LogP contribution in [0.15, 0.2) is 18.2 Å². The van der Waals surface area contributed by atoms with Gasteiger partial charge in [-0.15, -0.1) is 0 Å². The van der Waals surface area contributed by atoms with Gasteiger partial charge in [0.05, 0.1) is 26.2 Å². The first kappa shape index (κ1) is 15.3. The Morgan fingerprint density at radius 1 is 1.38 bits per heavy atom. The second-order valence-electron chi connectivity index (χ2n) is 4.29. The minimum absolute atomic E-state index is 0.0429. The van der Waals surface area contributed by atoms with Gasteiger partial charge in [0.25, 0.3) is 11.6 Å². The van der Waals surface area contributed by atoms with E-state index < -0.39 is 10.8 Å². The number of carbonyl (C=O) groups is 1. The summed E-state index contributed by atoms with van der Waals surface area (Å²) in [4.78, 5) is 22.4. The third-order valence-electron chi connectivity index (χ3n) is 2.71. The molecule has 0 bridgehead atoms. The SMILES string of the molecule is Cc1cc(NC(=O)c2cc([N+](=O)[O-])cc(Cl)c2Cl)n(C)n1. The van der Waals surface area contributed by atoms with E-state index in [4.69, 9.17) is 23.2 Å². The number of anilines is 1. The largest absolute Gasteiger partial charge is 0.307 e. The lowest BCUT2D eigenvalue weighted by atomic mass is 10.2. The lowest BCUT2D eigenvalue weighted by Gasteiger charge is -2.07. The van der Waals surface area contributed by atoms with Gasteiger partial charge in [-0.25, -0.2) is 0 Å². The average molecular weight is 329 g/mol. The number of carbonyl (C=O) groups excluding carboxylic acids is 1. The second-order valence-corrected chi connectivity index (χ2v) is 5.08. The first-order valence-electron chi connectivity index (χ1n) is 5.75. The zero-order valence-corrected chi connectivity index (χ0v) is 12.6. The van der Waals surface area contributed by atoms with Crippen LogP contribution in [-0.4, -0.2) is 20.6 Å². The normalized spacial score (nSPS) is 10.5. The number of hydrogen-bond donors (Lipinski definition) is 1. The number of nitrogens with one attached hydrogen (secondary N) is 1. The number of non-ortho nitro benzene ring substituents is 1. The van der Waals surface area contributed by atoms with Gasteiger partial charge in [-0.3, -0.25) is 19.6 Å². The molecule has 0 unspecified atom stereocenters. The number of aryl methyl sites for hydroxylation is 2. The van der Waals surface area contributed by atoms with Gasteiger partial charge in [0, 0.05) is 25.2 Å². The van der Waals surface area contributed by atoms with Gasteiger partial charge < -0.3 is 5.32 Å². The zero-order valence-electron chi connectivity index (χ0n) is 11.1. The van der Waals surface area contributed by atoms with Crippen LogP contribution < -0.4 is 5.32 Å². The lowest BCUT2D eigenvalue weighted by Crippen LogP contribution is -2.15. The monoisotopic (exact) mass is 328 g/mol. The van der Waals surface area contributed by atoms with E-state index in [1.807, 2.05) is 0 Å². The molecule has 2 aromatic rings. The van der Waals surface area contributed by atoms with Gasteiger partial charge in [0.2, 0.25) is 0 Å². The van der Waals surface area contributed by atoms with Crippen molar-refractivity contribution in [1.29, 1.82) is 0 Å². The standard InChI is InChI=1S/C12H10Cl2N4O3/c1-6-3-10(17(2)16-6)15-12(19)8-4-7(18(20)21)5-9(13)11(8)14/h3-5H,1-2H3,(H,15,19). The summed E-state index contributed by atoms with van der Waals surface area (Å²) in [6.45, 7) is 1.77. The molecule has 1 aromatic heterocycles. The summed E-state index contributed by atoms with van der Waals surface area (Å²) in [7, 11) is 1.66. The smallest absolute Gasteiger partial charge is 0.271 e. The predicted octanol–water partition coefficient (Wildman–Crippen LogP) is 3.20. The van der Waals surface area contributed by atoms with Gasteiger partial charge in [-0.05, 0) is 6.92 Å². The Morgan fingerprint density at radius 3 is 2.57 bits per heavy atom. The Labute approximate surface area is 129 Å². The van der Waals surface area contributed by atoms with Gasteiger partial charge in [0.1, 0.15) is 5.82 Å². The number of nitro benzene ring substituents is 1. The highest BCUT2D eigenvalue weighted by atomic mass is 35.5. The Bertz CT molecular complexity index is 742.